The SMILES string of the molecule is C[SiH](C)[Zr][SiH](C)C.Cl.Cl. The zero-order valence-electron chi connectivity index (χ0n) is 6.47. The molecule has 0 aliphatic heterocycles. The van der Waals surface area contributed by atoms with E-state index in [0.717, 1.165) is 0 Å². The molecule has 0 aromatic carbocycles. The van der Waals surface area contributed by atoms with E-state index in [0.29, 0.717) is 21.6 Å². The molecule has 0 nitrogen and oxygen atoms in total. The Hall–Kier alpha value is 1.90. The first-order valence-electron chi connectivity index (χ1n) is 2.89. The molecule has 0 amide bonds. The Balaban J connectivity index is -0.000000180. The zero-order valence-corrected chi connectivity index (χ0v) is 12.9. The minimum atomic E-state index is 0. The third-order valence-electron chi connectivity index (χ3n) is 0.667. The van der Waals surface area contributed by atoms with Crippen molar-refractivity contribution in [3.05, 3.63) is 0 Å². The number of hydrogen-bond donors (Lipinski definition) is 0. The van der Waals surface area contributed by atoms with Gasteiger partial charge in [-0.3, -0.25) is 0 Å². The summed E-state index contributed by atoms with van der Waals surface area (Å²) in [6.07, 6.45) is 0. The summed E-state index contributed by atoms with van der Waals surface area (Å²) in [5.41, 5.74) is 0. The van der Waals surface area contributed by atoms with Crippen LogP contribution >= 0.6 is 24.8 Å². The first-order chi connectivity index (χ1) is 3.13. The van der Waals surface area contributed by atoms with Crippen molar-refractivity contribution in [2.75, 3.05) is 0 Å². The molecule has 0 saturated heterocycles. The molecule has 0 fully saturated rings. The summed E-state index contributed by atoms with van der Waals surface area (Å²) in [5, 5.41) is 0. The monoisotopic (exact) mass is 280 g/mol. The predicted molar refractivity (Wildman–Crippen MR) is 52.3 cm³/mol. The molecule has 0 heterocycles. The van der Waals surface area contributed by atoms with Crippen LogP contribution in [0.5, 0.6) is 0 Å². The van der Waals surface area contributed by atoms with Gasteiger partial charge >= 0.3 is 59.6 Å². The van der Waals surface area contributed by atoms with Gasteiger partial charge in [-0.15, -0.1) is 24.8 Å². The Labute approximate surface area is 83.7 Å². The average molecular weight is 282 g/mol. The molecule has 0 bridgehead atoms. The van der Waals surface area contributed by atoms with E-state index in [4.69, 9.17) is 0 Å². The van der Waals surface area contributed by atoms with Gasteiger partial charge in [0.05, 0.1) is 0 Å². The molecule has 0 aromatic rings. The Morgan fingerprint density at radius 1 is 0.778 bits per heavy atom. The summed E-state index contributed by atoms with van der Waals surface area (Å²) >= 11 is 0.317. The van der Waals surface area contributed by atoms with Crippen molar-refractivity contribution >= 4 is 36.7 Å². The van der Waals surface area contributed by atoms with Crippen LogP contribution in [0.1, 0.15) is 0 Å². The van der Waals surface area contributed by atoms with Crippen LogP contribution in [-0.4, -0.2) is 11.8 Å². The van der Waals surface area contributed by atoms with E-state index in [2.05, 4.69) is 26.2 Å². The van der Waals surface area contributed by atoms with Crippen molar-refractivity contribution in [3.63, 3.8) is 0 Å². The second-order valence-corrected chi connectivity index (χ2v) is 32.8. The zero-order chi connectivity index (χ0) is 5.86. The van der Waals surface area contributed by atoms with Crippen molar-refractivity contribution in [2.45, 2.75) is 26.2 Å². The number of rotatable bonds is 2. The van der Waals surface area contributed by atoms with Gasteiger partial charge in [-0.25, -0.2) is 0 Å². The molecule has 0 aliphatic rings. The smallest absolute Gasteiger partial charge is 0.147 e. The minimum absolute atomic E-state index is 0. The van der Waals surface area contributed by atoms with Gasteiger partial charge in [0.2, 0.25) is 0 Å². The van der Waals surface area contributed by atoms with Crippen LogP contribution in [-0.2, 0) is 21.6 Å². The first-order valence-corrected chi connectivity index (χ1v) is 17.2. The molecule has 0 saturated carbocycles. The molecule has 0 unspecified atom stereocenters. The van der Waals surface area contributed by atoms with Gasteiger partial charge in [-0.05, 0) is 0 Å². The summed E-state index contributed by atoms with van der Waals surface area (Å²) in [6.45, 7) is 10.1. The minimum Gasteiger partial charge on any atom is -0.147 e. The van der Waals surface area contributed by atoms with Crippen LogP contribution in [0.3, 0.4) is 0 Å². The maximum atomic E-state index is 2.51. The van der Waals surface area contributed by atoms with E-state index in [1.807, 2.05) is 0 Å². The topological polar surface area (TPSA) is 0 Å². The van der Waals surface area contributed by atoms with Crippen LogP contribution in [0.15, 0.2) is 0 Å². The molecule has 9 heavy (non-hydrogen) atoms. The van der Waals surface area contributed by atoms with Gasteiger partial charge < -0.3 is 0 Å². The van der Waals surface area contributed by atoms with Crippen molar-refractivity contribution in [1.82, 2.24) is 0 Å². The second-order valence-electron chi connectivity index (χ2n) is 2.48. The van der Waals surface area contributed by atoms with Crippen molar-refractivity contribution < 1.29 is 21.6 Å². The fourth-order valence-corrected chi connectivity index (χ4v) is 35.5. The van der Waals surface area contributed by atoms with Gasteiger partial charge in [0.15, 0.2) is 0 Å². The molecule has 0 rings (SSSR count). The van der Waals surface area contributed by atoms with Crippen LogP contribution < -0.4 is 0 Å². The number of hydrogen-bond acceptors (Lipinski definition) is 0. The van der Waals surface area contributed by atoms with Crippen molar-refractivity contribution in [3.8, 4) is 0 Å². The molecule has 0 atom stereocenters. The van der Waals surface area contributed by atoms with Crippen LogP contribution in [0.25, 0.3) is 0 Å². The Bertz CT molecular complexity index is 45.8. The summed E-state index contributed by atoms with van der Waals surface area (Å²) in [4.78, 5) is 0. The third-order valence-corrected chi connectivity index (χ3v) is 35.5. The molecular weight excluding hydrogens is 266 g/mol. The maximum absolute atomic E-state index is 2.51. The molecule has 0 aliphatic carbocycles. The van der Waals surface area contributed by atoms with Gasteiger partial charge in [-0.2, -0.15) is 0 Å². The Kier molecular flexibility index (Phi) is 18.8. The molecule has 0 spiro atoms. The van der Waals surface area contributed by atoms with E-state index in [-0.39, 0.29) is 36.7 Å². The summed E-state index contributed by atoms with van der Waals surface area (Å²) in [7, 11) is 0. The molecule has 5 heteroatoms. The van der Waals surface area contributed by atoms with Crippen molar-refractivity contribution in [2.24, 2.45) is 0 Å². The standard InChI is InChI=1S/2C2H7Si.2ClH.Zr/c2*1-3-2;;;/h2*3H,1-2H3;2*1H;. The normalized spacial score (nSPS) is 8.22. The maximum Gasteiger partial charge on any atom is -0.147 e. The molecule has 0 N–H and O–H groups in total. The third kappa shape index (κ3) is 17.7. The van der Waals surface area contributed by atoms with E-state index in [9.17, 15) is 0 Å². The average Bonchev–Trinajstić information content (AvgIpc) is 1.27. The van der Waals surface area contributed by atoms with Gasteiger partial charge in [0.1, 0.15) is 0 Å². The van der Waals surface area contributed by atoms with E-state index >= 15 is 0 Å². The fourth-order valence-electron chi connectivity index (χ4n) is 0.667. The first kappa shape index (κ1) is 17.1. The van der Waals surface area contributed by atoms with Crippen LogP contribution in [0.4, 0.5) is 0 Å². The fraction of sp³-hybridized carbons (Fsp3) is 1.00. The van der Waals surface area contributed by atoms with E-state index in [1.54, 1.807) is 0 Å². The molecule has 0 radical (unpaired) electrons. The van der Waals surface area contributed by atoms with Gasteiger partial charge in [0.25, 0.3) is 0 Å². The van der Waals surface area contributed by atoms with Gasteiger partial charge in [-0.1, -0.05) is 0 Å². The summed E-state index contributed by atoms with van der Waals surface area (Å²) in [5.74, 6) is 0.00667. The summed E-state index contributed by atoms with van der Waals surface area (Å²) in [6, 6.07) is 0. The number of halogens is 2. The molecule has 0 aromatic heterocycles. The van der Waals surface area contributed by atoms with Crippen LogP contribution in [0, 0.1) is 0 Å². The van der Waals surface area contributed by atoms with Gasteiger partial charge in [0, 0.05) is 0 Å². The largest absolute Gasteiger partial charge is 0.147 e. The van der Waals surface area contributed by atoms with Crippen LogP contribution in [0.2, 0.25) is 26.2 Å². The molecular formula is C4H16Cl2Si2Zr. The quantitative estimate of drug-likeness (QED) is 0.679. The summed E-state index contributed by atoms with van der Waals surface area (Å²) < 4.78 is 0. The Morgan fingerprint density at radius 3 is 1.00 bits per heavy atom. The van der Waals surface area contributed by atoms with E-state index < -0.39 is 0 Å². The Morgan fingerprint density at radius 2 is 1.00 bits per heavy atom. The van der Waals surface area contributed by atoms with E-state index in [1.165, 1.54) is 0 Å². The molecule has 58 valence electrons. The predicted octanol–water partition coefficient (Wildman–Crippen LogP) is 1.88. The second kappa shape index (κ2) is 9.90. The van der Waals surface area contributed by atoms with Crippen molar-refractivity contribution in [1.29, 1.82) is 0 Å².